The van der Waals surface area contributed by atoms with E-state index in [9.17, 15) is 13.5 Å². The van der Waals surface area contributed by atoms with Gasteiger partial charge in [-0.05, 0) is 18.4 Å². The van der Waals surface area contributed by atoms with Gasteiger partial charge >= 0.3 is 0 Å². The molecule has 4 rings (SSSR count). The maximum atomic E-state index is 12.3. The van der Waals surface area contributed by atoms with Gasteiger partial charge in [-0.3, -0.25) is 0 Å². The number of rotatable bonds is 3. The van der Waals surface area contributed by atoms with Crippen molar-refractivity contribution in [3.05, 3.63) is 41.7 Å². The molecule has 21 heavy (non-hydrogen) atoms. The van der Waals surface area contributed by atoms with Gasteiger partial charge in [0.05, 0.1) is 12.7 Å². The first kappa shape index (κ1) is 11.9. The van der Waals surface area contributed by atoms with Crippen molar-refractivity contribution in [2.45, 2.75) is 41.8 Å². The zero-order valence-corrected chi connectivity index (χ0v) is 12.0. The van der Waals surface area contributed by atoms with Crippen LogP contribution < -0.4 is 0 Å². The van der Waals surface area contributed by atoms with E-state index in [1.807, 2.05) is 30.3 Å². The Morgan fingerprint density at radius 2 is 2.00 bits per heavy atom. The monoisotopic (exact) mass is 306 g/mol. The molecular weight excluding hydrogens is 290 g/mol. The molecule has 1 fully saturated rings. The van der Waals surface area contributed by atoms with Gasteiger partial charge in [0, 0.05) is 6.42 Å². The summed E-state index contributed by atoms with van der Waals surface area (Å²) < 4.78 is 34.0. The van der Waals surface area contributed by atoms with E-state index >= 15 is 0 Å². The molecule has 2 unspecified atom stereocenters. The van der Waals surface area contributed by atoms with Crippen LogP contribution >= 0.6 is 0 Å². The zero-order chi connectivity index (χ0) is 15.5. The third-order valence-electron chi connectivity index (χ3n) is 3.95. The van der Waals surface area contributed by atoms with Crippen molar-refractivity contribution in [3.63, 3.8) is 0 Å². The Morgan fingerprint density at radius 3 is 2.67 bits per heavy atom. The predicted octanol–water partition coefficient (Wildman–Crippen LogP) is 1.24. The fourth-order valence-electron chi connectivity index (χ4n) is 2.66. The van der Waals surface area contributed by atoms with Gasteiger partial charge in [-0.15, -0.1) is 5.10 Å². The molecule has 0 saturated heterocycles. The number of benzene rings is 1. The van der Waals surface area contributed by atoms with E-state index in [2.05, 4.69) is 10.1 Å². The molecular formula is C14H15N3O3S. The Kier molecular flexibility index (Phi) is 2.48. The molecule has 2 aliphatic rings. The Bertz CT molecular complexity index is 828. The molecule has 1 N–H and O–H groups in total. The van der Waals surface area contributed by atoms with E-state index in [0.29, 0.717) is 12.8 Å². The van der Waals surface area contributed by atoms with Gasteiger partial charge in [-0.2, -0.15) is 4.98 Å². The van der Waals surface area contributed by atoms with Crippen molar-refractivity contribution in [1.29, 1.82) is 0 Å². The van der Waals surface area contributed by atoms with Crippen LogP contribution in [-0.4, -0.2) is 33.5 Å². The summed E-state index contributed by atoms with van der Waals surface area (Å²) in [5, 5.41) is 13.7. The summed E-state index contributed by atoms with van der Waals surface area (Å²) in [6.07, 6.45) is -0.570. The summed E-state index contributed by atoms with van der Waals surface area (Å²) in [4.78, 5) is 3.98. The molecule has 0 radical (unpaired) electrons. The topological polar surface area (TPSA) is 85.1 Å². The summed E-state index contributed by atoms with van der Waals surface area (Å²) in [5.74, 6) is 0.000535. The Labute approximate surface area is 123 Å². The second-order valence-corrected chi connectivity index (χ2v) is 7.61. The second-order valence-electron chi connectivity index (χ2n) is 5.48. The van der Waals surface area contributed by atoms with Gasteiger partial charge in [0.25, 0.3) is 5.16 Å². The van der Waals surface area contributed by atoms with Gasteiger partial charge in [0.15, 0.2) is 5.82 Å². The molecule has 1 saturated carbocycles. The number of fused-ring (bicyclic) bond motifs is 1. The third kappa shape index (κ3) is 1.99. The lowest BCUT2D eigenvalue weighted by Gasteiger charge is -2.11. The average molecular weight is 306 g/mol. The lowest BCUT2D eigenvalue weighted by Crippen LogP contribution is -2.12. The van der Waals surface area contributed by atoms with Crippen LogP contribution in [0.2, 0.25) is 0 Å². The summed E-state index contributed by atoms with van der Waals surface area (Å²) in [5.41, 5.74) is 0.868. The highest BCUT2D eigenvalue weighted by molar-refractivity contribution is 7.92. The number of aliphatic hydroxyl groups is 1. The standard InChI is InChI=1S/C14H15N3O3S/c18-12-8-11(9-4-2-1-3-5-9)17-13(12)15-14(16-17)21(19,20)10-6-7-10/h1-5,10-12,18H,6-8H2/i12D. The molecule has 1 aromatic heterocycles. The highest BCUT2D eigenvalue weighted by Crippen LogP contribution is 2.39. The second kappa shape index (κ2) is 4.38. The Balaban J connectivity index is 1.82. The van der Waals surface area contributed by atoms with Crippen molar-refractivity contribution in [3.8, 4) is 0 Å². The van der Waals surface area contributed by atoms with E-state index in [4.69, 9.17) is 1.37 Å². The van der Waals surface area contributed by atoms with Crippen LogP contribution in [0.1, 0.15) is 44.1 Å². The number of aromatic nitrogens is 3. The fraction of sp³-hybridized carbons (Fsp3) is 0.429. The quantitative estimate of drug-likeness (QED) is 0.922. The minimum Gasteiger partial charge on any atom is -0.385 e. The zero-order valence-electron chi connectivity index (χ0n) is 12.2. The lowest BCUT2D eigenvalue weighted by atomic mass is 10.0. The van der Waals surface area contributed by atoms with Crippen molar-refractivity contribution in [1.82, 2.24) is 14.8 Å². The Hall–Kier alpha value is -1.73. The van der Waals surface area contributed by atoms with Gasteiger partial charge in [0.1, 0.15) is 6.08 Å². The molecule has 0 spiro atoms. The van der Waals surface area contributed by atoms with Gasteiger partial charge in [-0.1, -0.05) is 30.3 Å². The van der Waals surface area contributed by atoms with E-state index in [0.717, 1.165) is 5.56 Å². The number of hydrogen-bond donors (Lipinski definition) is 1. The first-order valence-electron chi connectivity index (χ1n) is 7.38. The number of nitrogens with zero attached hydrogens (tertiary/aromatic N) is 3. The SMILES string of the molecule is [2H]C1(O)CC(c2ccccc2)n2nc(S(=O)(=O)C3CC3)nc21. The Morgan fingerprint density at radius 1 is 1.29 bits per heavy atom. The van der Waals surface area contributed by atoms with Crippen molar-refractivity contribution >= 4 is 9.84 Å². The van der Waals surface area contributed by atoms with Crippen molar-refractivity contribution < 1.29 is 14.9 Å². The molecule has 2 heterocycles. The van der Waals surface area contributed by atoms with E-state index in [1.165, 1.54) is 4.68 Å². The van der Waals surface area contributed by atoms with Gasteiger partial charge < -0.3 is 5.11 Å². The van der Waals surface area contributed by atoms with Crippen LogP contribution in [0, 0.1) is 0 Å². The molecule has 1 aliphatic carbocycles. The minimum atomic E-state index is -3.54. The van der Waals surface area contributed by atoms with Crippen LogP contribution in [0.15, 0.2) is 35.5 Å². The molecule has 2 aromatic rings. The van der Waals surface area contributed by atoms with Crippen molar-refractivity contribution in [2.24, 2.45) is 0 Å². The number of hydrogen-bond acceptors (Lipinski definition) is 5. The molecule has 7 heteroatoms. The van der Waals surface area contributed by atoms with Gasteiger partial charge in [-0.25, -0.2) is 13.1 Å². The first-order valence-corrected chi connectivity index (χ1v) is 8.42. The molecule has 1 aromatic carbocycles. The normalized spacial score (nSPS) is 29.2. The highest BCUT2D eigenvalue weighted by atomic mass is 32.2. The molecule has 110 valence electrons. The molecule has 2 atom stereocenters. The smallest absolute Gasteiger partial charge is 0.267 e. The lowest BCUT2D eigenvalue weighted by molar-refractivity contribution is 0.171. The number of sulfone groups is 1. The summed E-state index contributed by atoms with van der Waals surface area (Å²) in [7, 11) is -3.54. The third-order valence-corrected chi connectivity index (χ3v) is 5.98. The molecule has 6 nitrogen and oxygen atoms in total. The van der Waals surface area contributed by atoms with Gasteiger partial charge in [0.2, 0.25) is 9.84 Å². The van der Waals surface area contributed by atoms with E-state index in [1.54, 1.807) is 0 Å². The summed E-state index contributed by atoms with van der Waals surface area (Å²) in [6.45, 7) is 0. The fourth-order valence-corrected chi connectivity index (χ4v) is 4.13. The van der Waals surface area contributed by atoms with Crippen LogP contribution in [0.25, 0.3) is 0 Å². The van der Waals surface area contributed by atoms with Crippen molar-refractivity contribution in [2.75, 3.05) is 0 Å². The molecule has 0 amide bonds. The predicted molar refractivity (Wildman–Crippen MR) is 74.4 cm³/mol. The van der Waals surface area contributed by atoms with Crippen LogP contribution in [0.3, 0.4) is 0 Å². The molecule has 1 aliphatic heterocycles. The van der Waals surface area contributed by atoms with Crippen LogP contribution in [0.4, 0.5) is 0 Å². The molecule has 0 bridgehead atoms. The maximum Gasteiger partial charge on any atom is 0.267 e. The average Bonchev–Trinajstić information content (AvgIpc) is 3.19. The van der Waals surface area contributed by atoms with E-state index < -0.39 is 21.2 Å². The largest absolute Gasteiger partial charge is 0.385 e. The summed E-state index contributed by atoms with van der Waals surface area (Å²) in [6, 6.07) is 8.94. The first-order chi connectivity index (χ1) is 10.4. The van der Waals surface area contributed by atoms with E-state index in [-0.39, 0.29) is 23.4 Å². The summed E-state index contributed by atoms with van der Waals surface area (Å²) >= 11 is 0. The van der Waals surface area contributed by atoms with Crippen LogP contribution in [0.5, 0.6) is 0 Å². The minimum absolute atomic E-state index is 0.000535. The van der Waals surface area contributed by atoms with Crippen LogP contribution in [-0.2, 0) is 9.84 Å². The highest BCUT2D eigenvalue weighted by Gasteiger charge is 2.42. The maximum absolute atomic E-state index is 12.3.